The zero-order valence-corrected chi connectivity index (χ0v) is 12.6. The van der Waals surface area contributed by atoms with E-state index in [1.807, 2.05) is 12.1 Å². The lowest BCUT2D eigenvalue weighted by Gasteiger charge is -2.11. The van der Waals surface area contributed by atoms with E-state index in [-0.39, 0.29) is 5.75 Å². The van der Waals surface area contributed by atoms with Gasteiger partial charge in [-0.2, -0.15) is 0 Å². The molecule has 2 aromatic carbocycles. The van der Waals surface area contributed by atoms with Crippen LogP contribution in [-0.4, -0.2) is 20.1 Å². The molecule has 0 radical (unpaired) electrons. The van der Waals surface area contributed by atoms with Gasteiger partial charge in [0.15, 0.2) is 11.5 Å². The average Bonchev–Trinajstić information content (AvgIpc) is 2.50. The first-order valence-corrected chi connectivity index (χ1v) is 7.08. The molecule has 0 fully saturated rings. The van der Waals surface area contributed by atoms with Crippen LogP contribution in [0.15, 0.2) is 48.5 Å². The number of para-hydroxylation sites is 2. The lowest BCUT2D eigenvalue weighted by molar-refractivity contribution is -0.274. The highest BCUT2D eigenvalue weighted by Gasteiger charge is 2.31. The highest BCUT2D eigenvalue weighted by Crippen LogP contribution is 2.26. The molecular weight excluding hydrogens is 309 g/mol. The van der Waals surface area contributed by atoms with Crippen molar-refractivity contribution in [3.63, 3.8) is 0 Å². The number of rotatable bonds is 7. The van der Waals surface area contributed by atoms with Gasteiger partial charge < -0.3 is 14.2 Å². The Hall–Kier alpha value is -2.37. The molecule has 0 aliphatic rings. The molecule has 0 N–H and O–H groups in total. The molecule has 2 rings (SSSR count). The third-order valence-electron chi connectivity index (χ3n) is 3.07. The lowest BCUT2D eigenvalue weighted by Crippen LogP contribution is -2.17. The summed E-state index contributed by atoms with van der Waals surface area (Å²) < 4.78 is 51.3. The Balaban J connectivity index is 1.83. The molecule has 0 amide bonds. The quantitative estimate of drug-likeness (QED) is 0.696. The maximum absolute atomic E-state index is 12.2. The Morgan fingerprint density at radius 3 is 2.39 bits per heavy atom. The summed E-state index contributed by atoms with van der Waals surface area (Å²) in [4.78, 5) is 0. The van der Waals surface area contributed by atoms with Gasteiger partial charge in [0.2, 0.25) is 0 Å². The summed E-state index contributed by atoms with van der Waals surface area (Å²) in [5.41, 5.74) is 0.760. The first kappa shape index (κ1) is 17.0. The second kappa shape index (κ2) is 7.76. The summed E-state index contributed by atoms with van der Waals surface area (Å²) >= 11 is 0. The summed E-state index contributed by atoms with van der Waals surface area (Å²) in [5, 5.41) is 0. The maximum Gasteiger partial charge on any atom is 0.573 e. The highest BCUT2D eigenvalue weighted by atomic mass is 19.4. The fraction of sp³-hybridized carbons (Fsp3) is 0.294. The van der Waals surface area contributed by atoms with Crippen LogP contribution >= 0.6 is 0 Å². The van der Waals surface area contributed by atoms with E-state index >= 15 is 0 Å². The van der Waals surface area contributed by atoms with Crippen molar-refractivity contribution in [2.45, 2.75) is 19.2 Å². The SMILES string of the molecule is COc1ccccc1OCCCc1cccc(OC(F)(F)F)c1. The second-order valence-corrected chi connectivity index (χ2v) is 4.80. The minimum absolute atomic E-state index is 0.208. The van der Waals surface area contributed by atoms with Crippen molar-refractivity contribution in [3.8, 4) is 17.2 Å². The van der Waals surface area contributed by atoms with Crippen molar-refractivity contribution in [1.29, 1.82) is 0 Å². The van der Waals surface area contributed by atoms with Crippen molar-refractivity contribution < 1.29 is 27.4 Å². The number of aryl methyl sites for hydroxylation is 1. The van der Waals surface area contributed by atoms with Crippen molar-refractivity contribution >= 4 is 0 Å². The van der Waals surface area contributed by atoms with Crippen molar-refractivity contribution in [2.24, 2.45) is 0 Å². The Morgan fingerprint density at radius 1 is 0.957 bits per heavy atom. The number of halogens is 3. The fourth-order valence-electron chi connectivity index (χ4n) is 2.09. The van der Waals surface area contributed by atoms with E-state index in [4.69, 9.17) is 9.47 Å². The molecule has 0 heterocycles. The third-order valence-corrected chi connectivity index (χ3v) is 3.07. The normalized spacial score (nSPS) is 11.1. The highest BCUT2D eigenvalue weighted by molar-refractivity contribution is 5.39. The van der Waals surface area contributed by atoms with Crippen LogP contribution in [0.4, 0.5) is 13.2 Å². The zero-order valence-electron chi connectivity index (χ0n) is 12.6. The Bertz CT molecular complexity index is 626. The number of benzene rings is 2. The van der Waals surface area contributed by atoms with E-state index in [9.17, 15) is 13.2 Å². The molecule has 2 aromatic rings. The Kier molecular flexibility index (Phi) is 5.73. The minimum Gasteiger partial charge on any atom is -0.493 e. The Labute approximate surface area is 132 Å². The summed E-state index contributed by atoms with van der Waals surface area (Å²) in [6.07, 6.45) is -3.43. The van der Waals surface area contributed by atoms with Crippen LogP contribution < -0.4 is 14.2 Å². The van der Waals surface area contributed by atoms with Crippen molar-refractivity contribution in [3.05, 3.63) is 54.1 Å². The van der Waals surface area contributed by atoms with Gasteiger partial charge in [-0.15, -0.1) is 13.2 Å². The van der Waals surface area contributed by atoms with Gasteiger partial charge in [-0.1, -0.05) is 24.3 Å². The zero-order chi connectivity index (χ0) is 16.7. The van der Waals surface area contributed by atoms with E-state index in [0.29, 0.717) is 30.9 Å². The van der Waals surface area contributed by atoms with Crippen LogP contribution in [0.5, 0.6) is 17.2 Å². The molecule has 0 aliphatic heterocycles. The molecule has 0 aromatic heterocycles. The van der Waals surface area contributed by atoms with E-state index in [2.05, 4.69) is 4.74 Å². The summed E-state index contributed by atoms with van der Waals surface area (Å²) in [7, 11) is 1.56. The van der Waals surface area contributed by atoms with Crippen molar-refractivity contribution in [2.75, 3.05) is 13.7 Å². The predicted molar refractivity (Wildman–Crippen MR) is 79.9 cm³/mol. The molecule has 0 bridgehead atoms. The monoisotopic (exact) mass is 326 g/mol. The topological polar surface area (TPSA) is 27.7 Å². The molecule has 0 saturated carbocycles. The van der Waals surface area contributed by atoms with Crippen LogP contribution in [0.1, 0.15) is 12.0 Å². The van der Waals surface area contributed by atoms with Gasteiger partial charge in [-0.05, 0) is 42.7 Å². The molecule has 6 heteroatoms. The van der Waals surface area contributed by atoms with Crippen LogP contribution in [0.2, 0.25) is 0 Å². The second-order valence-electron chi connectivity index (χ2n) is 4.80. The van der Waals surface area contributed by atoms with Crippen LogP contribution in [0.25, 0.3) is 0 Å². The largest absolute Gasteiger partial charge is 0.573 e. The maximum atomic E-state index is 12.2. The van der Waals surface area contributed by atoms with Crippen LogP contribution in [0.3, 0.4) is 0 Å². The summed E-state index contributed by atoms with van der Waals surface area (Å²) in [6.45, 7) is 0.435. The van der Waals surface area contributed by atoms with E-state index in [1.54, 1.807) is 25.3 Å². The molecule has 0 unspecified atom stereocenters. The third kappa shape index (κ3) is 5.73. The van der Waals surface area contributed by atoms with E-state index in [0.717, 1.165) is 5.56 Å². The number of alkyl halides is 3. The number of methoxy groups -OCH3 is 1. The standard InChI is InChI=1S/C17H17F3O3/c1-21-15-9-2-3-10-16(15)22-11-5-7-13-6-4-8-14(12-13)23-17(18,19)20/h2-4,6,8-10,12H,5,7,11H2,1H3. The van der Waals surface area contributed by atoms with Gasteiger partial charge in [0.1, 0.15) is 5.75 Å². The molecule has 0 spiro atoms. The first-order valence-electron chi connectivity index (χ1n) is 7.08. The van der Waals surface area contributed by atoms with E-state index < -0.39 is 6.36 Å². The molecule has 23 heavy (non-hydrogen) atoms. The van der Waals surface area contributed by atoms with Gasteiger partial charge in [0.25, 0.3) is 0 Å². The first-order chi connectivity index (χ1) is 11.0. The molecule has 0 saturated heterocycles. The van der Waals surface area contributed by atoms with Crippen LogP contribution in [-0.2, 0) is 6.42 Å². The lowest BCUT2D eigenvalue weighted by atomic mass is 10.1. The smallest absolute Gasteiger partial charge is 0.493 e. The van der Waals surface area contributed by atoms with Gasteiger partial charge in [-0.25, -0.2) is 0 Å². The predicted octanol–water partition coefficient (Wildman–Crippen LogP) is 4.61. The van der Waals surface area contributed by atoms with Crippen LogP contribution in [0, 0.1) is 0 Å². The summed E-state index contributed by atoms with van der Waals surface area (Å²) in [6, 6.07) is 13.3. The van der Waals surface area contributed by atoms with Gasteiger partial charge >= 0.3 is 6.36 Å². The number of hydrogen-bond donors (Lipinski definition) is 0. The molecular formula is C17H17F3O3. The van der Waals surface area contributed by atoms with Gasteiger partial charge in [-0.3, -0.25) is 0 Å². The number of hydrogen-bond acceptors (Lipinski definition) is 3. The minimum atomic E-state index is -4.68. The van der Waals surface area contributed by atoms with E-state index in [1.165, 1.54) is 18.2 Å². The number of ether oxygens (including phenoxy) is 3. The molecule has 0 atom stereocenters. The molecule has 0 aliphatic carbocycles. The van der Waals surface area contributed by atoms with Gasteiger partial charge in [0, 0.05) is 0 Å². The Morgan fingerprint density at radius 2 is 1.70 bits per heavy atom. The van der Waals surface area contributed by atoms with Gasteiger partial charge in [0.05, 0.1) is 13.7 Å². The fourth-order valence-corrected chi connectivity index (χ4v) is 2.09. The molecule has 124 valence electrons. The molecule has 3 nitrogen and oxygen atoms in total. The average molecular weight is 326 g/mol. The summed E-state index contributed by atoms with van der Waals surface area (Å²) in [5.74, 6) is 1.08. The van der Waals surface area contributed by atoms with Crippen molar-refractivity contribution in [1.82, 2.24) is 0 Å².